The van der Waals surface area contributed by atoms with Crippen LogP contribution in [0.3, 0.4) is 0 Å². The second-order valence-corrected chi connectivity index (χ2v) is 9.05. The van der Waals surface area contributed by atoms with E-state index in [9.17, 15) is 4.79 Å². The first kappa shape index (κ1) is 20.9. The van der Waals surface area contributed by atoms with Gasteiger partial charge in [-0.05, 0) is 24.6 Å². The third-order valence-electron chi connectivity index (χ3n) is 4.93. The number of carbonyl (C=O) groups excluding carboxylic acids is 1. The first-order valence-electron chi connectivity index (χ1n) is 9.69. The van der Waals surface area contributed by atoms with Crippen molar-refractivity contribution in [2.24, 2.45) is 0 Å². The Hall–Kier alpha value is -2.34. The predicted octanol–water partition coefficient (Wildman–Crippen LogP) is 5.91. The second-order valence-electron chi connectivity index (χ2n) is 7.12. The zero-order valence-electron chi connectivity index (χ0n) is 16.5. The van der Waals surface area contributed by atoms with Crippen molar-refractivity contribution in [1.82, 2.24) is 14.3 Å². The monoisotopic (exact) mass is 457 g/mol. The van der Waals surface area contributed by atoms with Gasteiger partial charge in [0, 0.05) is 47.4 Å². The lowest BCUT2D eigenvalue weighted by Crippen LogP contribution is -2.36. The van der Waals surface area contributed by atoms with E-state index in [1.54, 1.807) is 18.3 Å². The molecule has 1 atom stereocenters. The molecule has 0 aliphatic rings. The molecule has 4 aromatic rings. The summed E-state index contributed by atoms with van der Waals surface area (Å²) in [6.07, 6.45) is 2.76. The quantitative estimate of drug-likeness (QED) is 0.323. The minimum Gasteiger partial charge on any atom is -0.337 e. The maximum absolute atomic E-state index is 12.7. The Bertz CT molecular complexity index is 1140. The van der Waals surface area contributed by atoms with Crippen LogP contribution in [0.5, 0.6) is 0 Å². The predicted molar refractivity (Wildman–Crippen MR) is 124 cm³/mol. The van der Waals surface area contributed by atoms with Gasteiger partial charge in [-0.1, -0.05) is 54.1 Å². The Labute approximate surface area is 189 Å². The van der Waals surface area contributed by atoms with Gasteiger partial charge in [-0.25, -0.2) is 4.98 Å². The molecule has 0 spiro atoms. The average Bonchev–Trinajstić information content (AvgIpc) is 3.33. The lowest BCUT2D eigenvalue weighted by Gasteiger charge is -2.24. The highest BCUT2D eigenvalue weighted by atomic mass is 35.5. The maximum atomic E-state index is 12.7. The third kappa shape index (κ3) is 4.69. The number of imidazole rings is 1. The first-order valence-corrected chi connectivity index (χ1v) is 11.4. The number of amides is 1. The van der Waals surface area contributed by atoms with E-state index in [1.807, 2.05) is 65.7 Å². The summed E-state index contributed by atoms with van der Waals surface area (Å²) in [5.41, 5.74) is 4.14. The molecule has 1 unspecified atom stereocenters. The zero-order chi connectivity index (χ0) is 21.1. The topological polar surface area (TPSA) is 37.6 Å². The van der Waals surface area contributed by atoms with Gasteiger partial charge in [0.25, 0.3) is 0 Å². The summed E-state index contributed by atoms with van der Waals surface area (Å²) in [6.45, 7) is 2.86. The van der Waals surface area contributed by atoms with Crippen molar-refractivity contribution in [3.63, 3.8) is 0 Å². The number of hydrogen-bond acceptors (Lipinski definition) is 3. The van der Waals surface area contributed by atoms with Crippen molar-refractivity contribution in [2.75, 3.05) is 6.54 Å². The second kappa shape index (κ2) is 9.21. The summed E-state index contributed by atoms with van der Waals surface area (Å²) in [5.74, 6) is -0.0560. The van der Waals surface area contributed by atoms with Gasteiger partial charge in [-0.2, -0.15) is 0 Å². The minimum absolute atomic E-state index is 0.0560. The summed E-state index contributed by atoms with van der Waals surface area (Å²) in [4.78, 5) is 20.1. The fourth-order valence-corrected chi connectivity index (χ4v) is 4.51. The van der Waals surface area contributed by atoms with E-state index < -0.39 is 5.38 Å². The number of hydrogen-bond donors (Lipinski definition) is 0. The number of alkyl halides is 1. The normalized spacial score (nSPS) is 12.2. The van der Waals surface area contributed by atoms with Crippen LogP contribution in [0.4, 0.5) is 0 Å². The van der Waals surface area contributed by atoms with E-state index in [4.69, 9.17) is 28.2 Å². The molecular weight excluding hydrogens is 437 g/mol. The molecule has 1 amide bonds. The van der Waals surface area contributed by atoms with Gasteiger partial charge < -0.3 is 4.90 Å². The van der Waals surface area contributed by atoms with Crippen molar-refractivity contribution in [1.29, 1.82) is 0 Å². The van der Waals surface area contributed by atoms with Gasteiger partial charge in [0.05, 0.1) is 5.69 Å². The molecule has 0 radical (unpaired) electrons. The zero-order valence-corrected chi connectivity index (χ0v) is 18.8. The van der Waals surface area contributed by atoms with Crippen LogP contribution in [0, 0.1) is 0 Å². The van der Waals surface area contributed by atoms with E-state index in [2.05, 4.69) is 9.78 Å². The molecule has 2 aromatic heterocycles. The van der Waals surface area contributed by atoms with Crippen LogP contribution in [0.2, 0.25) is 5.02 Å². The maximum Gasteiger partial charge on any atom is 0.240 e. The van der Waals surface area contributed by atoms with Gasteiger partial charge >= 0.3 is 0 Å². The van der Waals surface area contributed by atoms with Crippen LogP contribution in [-0.4, -0.2) is 32.1 Å². The van der Waals surface area contributed by atoms with Crippen LogP contribution in [-0.2, 0) is 17.8 Å². The number of halogens is 2. The van der Waals surface area contributed by atoms with Gasteiger partial charge in [0.2, 0.25) is 5.91 Å². The fourth-order valence-electron chi connectivity index (χ4n) is 3.34. The van der Waals surface area contributed by atoms with E-state index in [1.165, 1.54) is 0 Å². The van der Waals surface area contributed by atoms with Crippen LogP contribution >= 0.6 is 34.5 Å². The number of nitrogens with zero attached hydrogens (tertiary/aromatic N) is 3. The fraction of sp³-hybridized carbons (Fsp3) is 0.217. The average molecular weight is 458 g/mol. The molecule has 0 saturated heterocycles. The number of fused-ring (bicyclic) bond motifs is 1. The Morgan fingerprint density at radius 2 is 1.90 bits per heavy atom. The highest BCUT2D eigenvalue weighted by Crippen LogP contribution is 2.25. The lowest BCUT2D eigenvalue weighted by molar-refractivity contribution is -0.131. The highest BCUT2D eigenvalue weighted by Gasteiger charge is 2.20. The molecule has 0 fully saturated rings. The molecule has 30 heavy (non-hydrogen) atoms. The van der Waals surface area contributed by atoms with Crippen LogP contribution in [0.1, 0.15) is 18.2 Å². The number of thiazole rings is 1. The molecule has 0 saturated carbocycles. The number of carbonyl (C=O) groups is 1. The summed E-state index contributed by atoms with van der Waals surface area (Å²) in [7, 11) is 0. The number of benzene rings is 2. The summed E-state index contributed by atoms with van der Waals surface area (Å²) < 4.78 is 2.10. The van der Waals surface area contributed by atoms with E-state index in [-0.39, 0.29) is 5.91 Å². The molecule has 7 heteroatoms. The van der Waals surface area contributed by atoms with E-state index in [0.29, 0.717) is 18.1 Å². The Balaban J connectivity index is 1.53. The van der Waals surface area contributed by atoms with Crippen LogP contribution in [0.15, 0.2) is 66.2 Å². The van der Waals surface area contributed by atoms with Crippen molar-refractivity contribution in [3.8, 4) is 11.3 Å². The van der Waals surface area contributed by atoms with Gasteiger partial charge in [-0.3, -0.25) is 9.20 Å². The first-order chi connectivity index (χ1) is 14.5. The largest absolute Gasteiger partial charge is 0.337 e. The third-order valence-corrected chi connectivity index (χ3v) is 6.26. The summed E-state index contributed by atoms with van der Waals surface area (Å²) in [5, 5.41) is 2.25. The molecule has 4 rings (SSSR count). The Kier molecular flexibility index (Phi) is 6.42. The molecule has 0 bridgehead atoms. The van der Waals surface area contributed by atoms with Gasteiger partial charge in [0.15, 0.2) is 4.96 Å². The van der Waals surface area contributed by atoms with Gasteiger partial charge in [-0.15, -0.1) is 22.9 Å². The standard InChI is InChI=1S/C23H21Cl2N3OS/c1-16(24)22(29)27(13-17-5-3-2-4-6-17)12-11-20-15-30-23-26-21(14-28(20)23)18-7-9-19(25)10-8-18/h2-10,14-16H,11-13H2,1H3. The molecular formula is C23H21Cl2N3OS. The lowest BCUT2D eigenvalue weighted by atomic mass is 10.2. The number of aromatic nitrogens is 2. The Morgan fingerprint density at radius 1 is 1.17 bits per heavy atom. The van der Waals surface area contributed by atoms with Crippen LogP contribution in [0.25, 0.3) is 16.2 Å². The van der Waals surface area contributed by atoms with Crippen molar-refractivity contribution >= 4 is 45.4 Å². The van der Waals surface area contributed by atoms with E-state index >= 15 is 0 Å². The molecule has 2 heterocycles. The van der Waals surface area contributed by atoms with Crippen molar-refractivity contribution < 1.29 is 4.79 Å². The molecule has 2 aromatic carbocycles. The molecule has 4 nitrogen and oxygen atoms in total. The molecule has 0 N–H and O–H groups in total. The van der Waals surface area contributed by atoms with Crippen molar-refractivity contribution in [3.05, 3.63) is 82.5 Å². The molecule has 0 aliphatic carbocycles. The Morgan fingerprint density at radius 3 is 2.60 bits per heavy atom. The van der Waals surface area contributed by atoms with E-state index in [0.717, 1.165) is 33.9 Å². The highest BCUT2D eigenvalue weighted by molar-refractivity contribution is 7.15. The smallest absolute Gasteiger partial charge is 0.240 e. The molecule has 0 aliphatic heterocycles. The van der Waals surface area contributed by atoms with Gasteiger partial charge in [0.1, 0.15) is 5.38 Å². The number of rotatable bonds is 7. The molecule has 154 valence electrons. The van der Waals surface area contributed by atoms with Crippen molar-refractivity contribution in [2.45, 2.75) is 25.3 Å². The summed E-state index contributed by atoms with van der Waals surface area (Å²) in [6, 6.07) is 17.7. The van der Waals surface area contributed by atoms with Crippen LogP contribution < -0.4 is 0 Å². The summed E-state index contributed by atoms with van der Waals surface area (Å²) >= 11 is 13.7. The SMILES string of the molecule is CC(Cl)C(=O)N(CCc1csc2nc(-c3ccc(Cl)cc3)cn12)Cc1ccccc1. The minimum atomic E-state index is -0.555.